The van der Waals surface area contributed by atoms with Gasteiger partial charge in [0.15, 0.2) is 0 Å². The van der Waals surface area contributed by atoms with Gasteiger partial charge in [-0.2, -0.15) is 0 Å². The molecule has 2 N–H and O–H groups in total. The van der Waals surface area contributed by atoms with Crippen LogP contribution < -0.4 is 10.5 Å². The van der Waals surface area contributed by atoms with Crippen LogP contribution in [0.1, 0.15) is 30.9 Å². The third-order valence-corrected chi connectivity index (χ3v) is 3.80. The lowest BCUT2D eigenvalue weighted by Crippen LogP contribution is -2.38. The van der Waals surface area contributed by atoms with E-state index in [1.807, 2.05) is 6.92 Å². The van der Waals surface area contributed by atoms with Gasteiger partial charge in [-0.25, -0.2) is 0 Å². The Hall–Kier alpha value is -1.06. The number of aryl methyl sites for hydroxylation is 1. The van der Waals surface area contributed by atoms with Crippen LogP contribution in [0, 0.1) is 6.92 Å². The van der Waals surface area contributed by atoms with Crippen molar-refractivity contribution in [2.75, 3.05) is 26.7 Å². The van der Waals surface area contributed by atoms with Crippen LogP contribution in [0.15, 0.2) is 18.2 Å². The molecule has 1 aliphatic carbocycles. The van der Waals surface area contributed by atoms with Crippen molar-refractivity contribution in [1.29, 1.82) is 0 Å². The number of ether oxygens (including phenoxy) is 1. The Balaban J connectivity index is 1.83. The van der Waals surface area contributed by atoms with Gasteiger partial charge in [-0.05, 0) is 57.4 Å². The smallest absolute Gasteiger partial charge is 0.122 e. The summed E-state index contributed by atoms with van der Waals surface area (Å²) in [4.78, 5) is 2.35. The van der Waals surface area contributed by atoms with Crippen molar-refractivity contribution in [2.24, 2.45) is 5.73 Å². The predicted octanol–water partition coefficient (Wildman–Crippen LogP) is 2.36. The molecule has 0 amide bonds. The van der Waals surface area contributed by atoms with E-state index >= 15 is 0 Å². The highest BCUT2D eigenvalue weighted by atomic mass is 16.5. The summed E-state index contributed by atoms with van der Waals surface area (Å²) in [5.41, 5.74) is 8.84. The molecule has 3 nitrogen and oxygen atoms in total. The summed E-state index contributed by atoms with van der Waals surface area (Å²) in [6.07, 6.45) is 3.43. The van der Waals surface area contributed by atoms with Gasteiger partial charge in [0.1, 0.15) is 5.75 Å². The molecule has 19 heavy (non-hydrogen) atoms. The van der Waals surface area contributed by atoms with Crippen molar-refractivity contribution in [3.8, 4) is 5.75 Å². The first-order valence-electron chi connectivity index (χ1n) is 7.22. The van der Waals surface area contributed by atoms with Crippen molar-refractivity contribution < 1.29 is 4.74 Å². The lowest BCUT2D eigenvalue weighted by atomic mass is 10.1. The van der Waals surface area contributed by atoms with E-state index in [4.69, 9.17) is 10.5 Å². The molecule has 0 heterocycles. The molecule has 0 bridgehead atoms. The summed E-state index contributed by atoms with van der Waals surface area (Å²) in [7, 11) is 2.16. The second kappa shape index (κ2) is 5.93. The molecule has 1 aromatic rings. The summed E-state index contributed by atoms with van der Waals surface area (Å²) >= 11 is 0. The average Bonchev–Trinajstić information content (AvgIpc) is 3.07. The van der Waals surface area contributed by atoms with Crippen molar-refractivity contribution in [3.05, 3.63) is 29.3 Å². The Morgan fingerprint density at radius 2 is 2.11 bits per heavy atom. The van der Waals surface area contributed by atoms with Crippen molar-refractivity contribution in [2.45, 2.75) is 38.6 Å². The number of nitrogens with two attached hydrogens (primary N) is 1. The molecule has 0 aromatic heterocycles. The largest absolute Gasteiger partial charge is 0.494 e. The maximum Gasteiger partial charge on any atom is 0.122 e. The minimum absolute atomic E-state index is 0.115. The molecule has 1 saturated carbocycles. The van der Waals surface area contributed by atoms with Gasteiger partial charge in [0, 0.05) is 18.6 Å². The number of likely N-dealkylation sites (N-methyl/N-ethyl adjacent to an activating group) is 1. The first-order valence-corrected chi connectivity index (χ1v) is 7.22. The van der Waals surface area contributed by atoms with Gasteiger partial charge in [-0.1, -0.05) is 12.1 Å². The van der Waals surface area contributed by atoms with Crippen molar-refractivity contribution in [3.63, 3.8) is 0 Å². The second-order valence-electron chi connectivity index (χ2n) is 5.88. The lowest BCUT2D eigenvalue weighted by Gasteiger charge is -2.20. The number of nitrogens with zero attached hydrogens (tertiary/aromatic N) is 1. The highest BCUT2D eigenvalue weighted by Gasteiger charge is 2.38. The quantitative estimate of drug-likeness (QED) is 0.820. The van der Waals surface area contributed by atoms with Crippen LogP contribution >= 0.6 is 0 Å². The van der Waals surface area contributed by atoms with Gasteiger partial charge in [-0.15, -0.1) is 0 Å². The fraction of sp³-hybridized carbons (Fsp3) is 0.625. The molecular weight excluding hydrogens is 236 g/mol. The molecule has 0 saturated heterocycles. The van der Waals surface area contributed by atoms with Crippen LogP contribution in [-0.2, 0) is 6.42 Å². The number of hydrogen-bond donors (Lipinski definition) is 1. The lowest BCUT2D eigenvalue weighted by molar-refractivity contribution is 0.306. The zero-order chi connectivity index (χ0) is 13.9. The summed E-state index contributed by atoms with van der Waals surface area (Å²) in [5, 5.41) is 0. The molecule has 0 atom stereocenters. The third-order valence-electron chi connectivity index (χ3n) is 3.80. The highest BCUT2D eigenvalue weighted by molar-refractivity contribution is 5.36. The molecule has 106 valence electrons. The monoisotopic (exact) mass is 262 g/mol. The van der Waals surface area contributed by atoms with Crippen LogP contribution in [0.25, 0.3) is 0 Å². The van der Waals surface area contributed by atoms with Gasteiger partial charge in [0.2, 0.25) is 0 Å². The fourth-order valence-corrected chi connectivity index (χ4v) is 2.44. The first-order chi connectivity index (χ1) is 9.02. The third kappa shape index (κ3) is 4.22. The van der Waals surface area contributed by atoms with E-state index in [1.165, 1.54) is 24.0 Å². The van der Waals surface area contributed by atoms with Crippen LogP contribution in [0.5, 0.6) is 5.75 Å². The topological polar surface area (TPSA) is 38.5 Å². The first kappa shape index (κ1) is 14.4. The maximum atomic E-state index is 6.14. The zero-order valence-electron chi connectivity index (χ0n) is 12.4. The molecule has 1 aliphatic rings. The van der Waals surface area contributed by atoms with Gasteiger partial charge in [0.05, 0.1) is 6.61 Å². The zero-order valence-corrected chi connectivity index (χ0v) is 12.4. The van der Waals surface area contributed by atoms with Crippen molar-refractivity contribution >= 4 is 0 Å². The van der Waals surface area contributed by atoms with E-state index in [1.54, 1.807) is 0 Å². The molecule has 3 heteroatoms. The maximum absolute atomic E-state index is 6.14. The van der Waals surface area contributed by atoms with E-state index < -0.39 is 0 Å². The summed E-state index contributed by atoms with van der Waals surface area (Å²) in [6, 6.07) is 6.48. The SMILES string of the molecule is CCOc1ccc(CCN(C)CC2(N)CC2)cc1C. The molecule has 0 radical (unpaired) electrons. The average molecular weight is 262 g/mol. The predicted molar refractivity (Wildman–Crippen MR) is 79.7 cm³/mol. The van der Waals surface area contributed by atoms with Crippen LogP contribution in [0.3, 0.4) is 0 Å². The van der Waals surface area contributed by atoms with Gasteiger partial charge < -0.3 is 15.4 Å². The molecule has 2 rings (SSSR count). The van der Waals surface area contributed by atoms with E-state index in [2.05, 4.69) is 37.1 Å². The van der Waals surface area contributed by atoms with E-state index in [0.717, 1.165) is 31.9 Å². The summed E-state index contributed by atoms with van der Waals surface area (Å²) in [5.74, 6) is 0.999. The normalized spacial score (nSPS) is 16.7. The van der Waals surface area contributed by atoms with Crippen LogP contribution in [0.2, 0.25) is 0 Å². The Kier molecular flexibility index (Phi) is 4.48. The summed E-state index contributed by atoms with van der Waals surface area (Å²) in [6.45, 7) is 6.93. The number of benzene rings is 1. The van der Waals surface area contributed by atoms with E-state index in [-0.39, 0.29) is 5.54 Å². The van der Waals surface area contributed by atoms with Gasteiger partial charge >= 0.3 is 0 Å². The minimum atomic E-state index is 0.115. The van der Waals surface area contributed by atoms with E-state index in [9.17, 15) is 0 Å². The number of hydrogen-bond acceptors (Lipinski definition) is 3. The molecule has 1 aromatic carbocycles. The fourth-order valence-electron chi connectivity index (χ4n) is 2.44. The molecule has 0 spiro atoms. The molecule has 0 aliphatic heterocycles. The second-order valence-corrected chi connectivity index (χ2v) is 5.88. The Morgan fingerprint density at radius 3 is 2.68 bits per heavy atom. The van der Waals surface area contributed by atoms with Crippen molar-refractivity contribution in [1.82, 2.24) is 4.90 Å². The van der Waals surface area contributed by atoms with Crippen LogP contribution in [0.4, 0.5) is 0 Å². The Morgan fingerprint density at radius 1 is 1.37 bits per heavy atom. The minimum Gasteiger partial charge on any atom is -0.494 e. The standard InChI is InChI=1S/C16H26N2O/c1-4-19-15-6-5-14(11-13(15)2)7-10-18(3)12-16(17)8-9-16/h5-6,11H,4,7-10,12,17H2,1-3H3. The molecular formula is C16H26N2O. The van der Waals surface area contributed by atoms with E-state index in [0.29, 0.717) is 0 Å². The molecule has 1 fully saturated rings. The van der Waals surface area contributed by atoms with Crippen LogP contribution in [-0.4, -0.2) is 37.2 Å². The summed E-state index contributed by atoms with van der Waals surface area (Å²) < 4.78 is 5.56. The highest BCUT2D eigenvalue weighted by Crippen LogP contribution is 2.32. The molecule has 0 unspecified atom stereocenters. The number of rotatable bonds is 7. The van der Waals surface area contributed by atoms with Gasteiger partial charge in [0.25, 0.3) is 0 Å². The van der Waals surface area contributed by atoms with Gasteiger partial charge in [-0.3, -0.25) is 0 Å². The Bertz CT molecular complexity index is 427. The Labute approximate surface area is 116 Å².